The van der Waals surface area contributed by atoms with Gasteiger partial charge in [0, 0.05) is 18.6 Å². The monoisotopic (exact) mass is 313 g/mol. The standard InChI is InChI=1S/C13H16ClN3O2S/c14-9-6-11-12(15-7-9)17-13(16-11)20-5-4-18-8-10-2-1-3-19-10/h6-7,10H,1-5,8H2,(H,15,16,17)/t10-/m1/s1. The van der Waals surface area contributed by atoms with Crippen LogP contribution in [-0.4, -0.2) is 46.6 Å². The van der Waals surface area contributed by atoms with E-state index in [9.17, 15) is 0 Å². The zero-order valence-electron chi connectivity index (χ0n) is 11.0. The summed E-state index contributed by atoms with van der Waals surface area (Å²) in [6, 6.07) is 1.83. The highest BCUT2D eigenvalue weighted by Crippen LogP contribution is 2.20. The number of hydrogen-bond donors (Lipinski definition) is 1. The van der Waals surface area contributed by atoms with Crippen molar-refractivity contribution in [1.29, 1.82) is 0 Å². The molecule has 0 aliphatic carbocycles. The van der Waals surface area contributed by atoms with Crippen LogP contribution in [0.2, 0.25) is 5.02 Å². The number of nitrogens with one attached hydrogen (secondary N) is 1. The molecule has 5 nitrogen and oxygen atoms in total. The first-order chi connectivity index (χ1) is 9.81. The molecule has 3 heterocycles. The third-order valence-corrected chi connectivity index (χ3v) is 4.12. The number of ether oxygens (including phenoxy) is 2. The van der Waals surface area contributed by atoms with Crippen LogP contribution in [0.25, 0.3) is 11.2 Å². The number of thioether (sulfide) groups is 1. The number of imidazole rings is 1. The smallest absolute Gasteiger partial charge is 0.178 e. The molecule has 0 aromatic carbocycles. The molecule has 1 aliphatic rings. The summed E-state index contributed by atoms with van der Waals surface area (Å²) in [4.78, 5) is 11.7. The number of pyridine rings is 1. The number of aromatic amines is 1. The van der Waals surface area contributed by atoms with Gasteiger partial charge in [0.15, 0.2) is 10.8 Å². The van der Waals surface area contributed by atoms with E-state index in [0.717, 1.165) is 35.9 Å². The summed E-state index contributed by atoms with van der Waals surface area (Å²) < 4.78 is 11.1. The van der Waals surface area contributed by atoms with Crippen molar-refractivity contribution < 1.29 is 9.47 Å². The molecule has 108 valence electrons. The highest BCUT2D eigenvalue weighted by atomic mass is 35.5. The van der Waals surface area contributed by atoms with E-state index >= 15 is 0 Å². The van der Waals surface area contributed by atoms with Gasteiger partial charge in [-0.1, -0.05) is 23.4 Å². The van der Waals surface area contributed by atoms with Crippen molar-refractivity contribution in [2.24, 2.45) is 0 Å². The topological polar surface area (TPSA) is 60.0 Å². The summed E-state index contributed by atoms with van der Waals surface area (Å²) in [5, 5.41) is 1.45. The average molecular weight is 314 g/mol. The Kier molecular flexibility index (Phi) is 4.77. The minimum atomic E-state index is 0.289. The molecule has 2 aromatic rings. The van der Waals surface area contributed by atoms with Crippen molar-refractivity contribution >= 4 is 34.5 Å². The van der Waals surface area contributed by atoms with Gasteiger partial charge in [-0.15, -0.1) is 0 Å². The maximum absolute atomic E-state index is 5.89. The Labute approximate surface area is 126 Å². The second-order valence-electron chi connectivity index (χ2n) is 4.63. The molecule has 0 spiro atoms. The normalized spacial score (nSPS) is 18.9. The molecule has 1 aliphatic heterocycles. The summed E-state index contributed by atoms with van der Waals surface area (Å²) in [5.74, 6) is 0.847. The lowest BCUT2D eigenvalue weighted by molar-refractivity contribution is 0.0226. The third kappa shape index (κ3) is 3.63. The van der Waals surface area contributed by atoms with Crippen molar-refractivity contribution in [3.8, 4) is 0 Å². The van der Waals surface area contributed by atoms with Crippen LogP contribution in [0.4, 0.5) is 0 Å². The van der Waals surface area contributed by atoms with Crippen LogP contribution in [0.3, 0.4) is 0 Å². The first-order valence-corrected chi connectivity index (χ1v) is 8.01. The Hall–Kier alpha value is -0.820. The van der Waals surface area contributed by atoms with Gasteiger partial charge in [0.2, 0.25) is 0 Å². The summed E-state index contributed by atoms with van der Waals surface area (Å²) in [5.41, 5.74) is 1.55. The molecule has 3 rings (SSSR count). The maximum atomic E-state index is 5.89. The molecule has 0 amide bonds. The van der Waals surface area contributed by atoms with Crippen LogP contribution >= 0.6 is 23.4 Å². The fraction of sp³-hybridized carbons (Fsp3) is 0.538. The Morgan fingerprint density at radius 1 is 1.55 bits per heavy atom. The van der Waals surface area contributed by atoms with Gasteiger partial charge in [0.05, 0.1) is 29.9 Å². The van der Waals surface area contributed by atoms with E-state index in [2.05, 4.69) is 15.0 Å². The lowest BCUT2D eigenvalue weighted by atomic mass is 10.2. The zero-order valence-corrected chi connectivity index (χ0v) is 12.5. The molecule has 0 radical (unpaired) electrons. The van der Waals surface area contributed by atoms with Crippen LogP contribution in [0.1, 0.15) is 12.8 Å². The maximum Gasteiger partial charge on any atom is 0.178 e. The molecular weight excluding hydrogens is 298 g/mol. The van der Waals surface area contributed by atoms with Gasteiger partial charge in [0.1, 0.15) is 0 Å². The molecular formula is C13H16ClN3O2S. The predicted octanol–water partition coefficient (Wildman–Crippen LogP) is 2.90. The first-order valence-electron chi connectivity index (χ1n) is 6.65. The number of H-pyrrole nitrogens is 1. The Bertz CT molecular complexity index is 572. The number of nitrogens with zero attached hydrogens (tertiary/aromatic N) is 2. The Morgan fingerprint density at radius 2 is 2.50 bits per heavy atom. The van der Waals surface area contributed by atoms with E-state index in [1.807, 2.05) is 6.07 Å². The number of rotatable bonds is 6. The molecule has 0 bridgehead atoms. The molecule has 7 heteroatoms. The quantitative estimate of drug-likeness (QED) is 0.656. The third-order valence-electron chi connectivity index (χ3n) is 3.08. The van der Waals surface area contributed by atoms with Crippen molar-refractivity contribution in [3.63, 3.8) is 0 Å². The van der Waals surface area contributed by atoms with E-state index in [1.54, 1.807) is 18.0 Å². The summed E-state index contributed by atoms with van der Waals surface area (Å²) in [6.07, 6.45) is 4.15. The number of hydrogen-bond acceptors (Lipinski definition) is 5. The van der Waals surface area contributed by atoms with Gasteiger partial charge < -0.3 is 14.5 Å². The number of halogens is 1. The van der Waals surface area contributed by atoms with Crippen LogP contribution < -0.4 is 0 Å². The van der Waals surface area contributed by atoms with Gasteiger partial charge in [-0.2, -0.15) is 0 Å². The fourth-order valence-electron chi connectivity index (χ4n) is 2.11. The largest absolute Gasteiger partial charge is 0.378 e. The van der Waals surface area contributed by atoms with Gasteiger partial charge in [0.25, 0.3) is 0 Å². The molecule has 1 N–H and O–H groups in total. The van der Waals surface area contributed by atoms with Crippen LogP contribution in [-0.2, 0) is 9.47 Å². The van der Waals surface area contributed by atoms with Crippen molar-refractivity contribution in [2.75, 3.05) is 25.6 Å². The predicted molar refractivity (Wildman–Crippen MR) is 79.4 cm³/mol. The average Bonchev–Trinajstić information content (AvgIpc) is 3.06. The fourth-order valence-corrected chi connectivity index (χ4v) is 2.99. The van der Waals surface area contributed by atoms with E-state index in [4.69, 9.17) is 21.1 Å². The summed E-state index contributed by atoms with van der Waals surface area (Å²) in [6.45, 7) is 2.25. The number of fused-ring (bicyclic) bond motifs is 1. The highest BCUT2D eigenvalue weighted by Gasteiger charge is 2.15. The molecule has 1 atom stereocenters. The van der Waals surface area contributed by atoms with E-state index in [0.29, 0.717) is 23.9 Å². The minimum absolute atomic E-state index is 0.289. The van der Waals surface area contributed by atoms with E-state index in [1.165, 1.54) is 0 Å². The highest BCUT2D eigenvalue weighted by molar-refractivity contribution is 7.99. The zero-order chi connectivity index (χ0) is 13.8. The molecule has 1 saturated heterocycles. The Balaban J connectivity index is 1.42. The summed E-state index contributed by atoms with van der Waals surface area (Å²) in [7, 11) is 0. The Morgan fingerprint density at radius 3 is 3.35 bits per heavy atom. The van der Waals surface area contributed by atoms with Crippen molar-refractivity contribution in [2.45, 2.75) is 24.1 Å². The van der Waals surface area contributed by atoms with E-state index < -0.39 is 0 Å². The van der Waals surface area contributed by atoms with Crippen LogP contribution in [0.5, 0.6) is 0 Å². The molecule has 20 heavy (non-hydrogen) atoms. The van der Waals surface area contributed by atoms with Crippen LogP contribution in [0.15, 0.2) is 17.4 Å². The van der Waals surface area contributed by atoms with Crippen molar-refractivity contribution in [1.82, 2.24) is 15.0 Å². The van der Waals surface area contributed by atoms with Gasteiger partial charge in [-0.05, 0) is 18.9 Å². The van der Waals surface area contributed by atoms with Crippen molar-refractivity contribution in [3.05, 3.63) is 17.3 Å². The number of aromatic nitrogens is 3. The second-order valence-corrected chi connectivity index (χ2v) is 6.15. The van der Waals surface area contributed by atoms with E-state index in [-0.39, 0.29) is 6.10 Å². The first kappa shape index (κ1) is 14.1. The van der Waals surface area contributed by atoms with Gasteiger partial charge in [-0.3, -0.25) is 0 Å². The summed E-state index contributed by atoms with van der Waals surface area (Å²) >= 11 is 7.51. The lowest BCUT2D eigenvalue weighted by Crippen LogP contribution is -2.15. The minimum Gasteiger partial charge on any atom is -0.378 e. The van der Waals surface area contributed by atoms with Crippen LogP contribution in [0, 0.1) is 0 Å². The van der Waals surface area contributed by atoms with Gasteiger partial charge in [-0.25, -0.2) is 9.97 Å². The molecule has 2 aromatic heterocycles. The second kappa shape index (κ2) is 6.76. The lowest BCUT2D eigenvalue weighted by Gasteiger charge is -2.09. The molecule has 0 saturated carbocycles. The van der Waals surface area contributed by atoms with Gasteiger partial charge >= 0.3 is 0 Å². The SMILES string of the molecule is Clc1cnc2nc(SCCOC[C@H]3CCCO3)[nH]c2c1. The molecule has 0 unspecified atom stereocenters. The molecule has 1 fully saturated rings.